The Labute approximate surface area is 204 Å². The Hall–Kier alpha value is -1.80. The minimum atomic E-state index is -0.242. The summed E-state index contributed by atoms with van der Waals surface area (Å²) in [7, 11) is 0. The van der Waals surface area contributed by atoms with Gasteiger partial charge in [0.2, 0.25) is 0 Å². The second kappa shape index (κ2) is 13.8. The SMILES string of the molecule is CCc1nc(NC(=O)NCCCSC)c(CC(C)C)cc1C(=O)N1CCN[C@@H](CC(C)C)C1. The van der Waals surface area contributed by atoms with Crippen LogP contribution < -0.4 is 16.0 Å². The third kappa shape index (κ3) is 8.81. The summed E-state index contributed by atoms with van der Waals surface area (Å²) in [6.07, 6.45) is 5.42. The van der Waals surface area contributed by atoms with Crippen LogP contribution in [0.25, 0.3) is 0 Å². The number of hydrogen-bond donors (Lipinski definition) is 3. The number of rotatable bonds is 11. The number of nitrogens with one attached hydrogen (secondary N) is 3. The molecule has 0 spiro atoms. The van der Waals surface area contributed by atoms with Crippen molar-refractivity contribution in [2.24, 2.45) is 11.8 Å². The zero-order chi connectivity index (χ0) is 24.4. The van der Waals surface area contributed by atoms with Crippen molar-refractivity contribution >= 4 is 29.5 Å². The monoisotopic (exact) mass is 477 g/mol. The van der Waals surface area contributed by atoms with Gasteiger partial charge in [-0.2, -0.15) is 11.8 Å². The van der Waals surface area contributed by atoms with Crippen molar-refractivity contribution < 1.29 is 9.59 Å². The first-order chi connectivity index (χ1) is 15.7. The van der Waals surface area contributed by atoms with Gasteiger partial charge in [0, 0.05) is 32.2 Å². The number of pyridine rings is 1. The molecule has 1 aliphatic rings. The average molecular weight is 478 g/mol. The minimum absolute atomic E-state index is 0.0488. The Morgan fingerprint density at radius 2 is 2.03 bits per heavy atom. The van der Waals surface area contributed by atoms with E-state index < -0.39 is 0 Å². The maximum Gasteiger partial charge on any atom is 0.320 e. The van der Waals surface area contributed by atoms with Gasteiger partial charge in [-0.05, 0) is 61.2 Å². The largest absolute Gasteiger partial charge is 0.338 e. The summed E-state index contributed by atoms with van der Waals surface area (Å²) in [5.41, 5.74) is 2.33. The molecule has 0 unspecified atom stereocenters. The highest BCUT2D eigenvalue weighted by atomic mass is 32.2. The van der Waals surface area contributed by atoms with E-state index >= 15 is 0 Å². The molecule has 2 heterocycles. The highest BCUT2D eigenvalue weighted by Gasteiger charge is 2.27. The molecule has 0 bridgehead atoms. The standard InChI is InChI=1S/C25H43N5O2S/c1-7-22-21(24(31)30-11-10-26-20(16-30)14-18(4)5)15-19(13-17(2)3)23(28-22)29-25(32)27-9-8-12-33-6/h15,17-18,20,26H,7-14,16H2,1-6H3,(H2,27,28,29,32)/t20-/m0/s1. The molecule has 2 rings (SSSR count). The van der Waals surface area contributed by atoms with Crippen molar-refractivity contribution in [3.8, 4) is 0 Å². The van der Waals surface area contributed by atoms with Crippen LogP contribution >= 0.6 is 11.8 Å². The molecular formula is C25H43N5O2S. The first kappa shape index (κ1) is 27.4. The second-order valence-electron chi connectivity index (χ2n) is 9.70. The van der Waals surface area contributed by atoms with Crippen LogP contribution in [0, 0.1) is 11.8 Å². The predicted octanol–water partition coefficient (Wildman–Crippen LogP) is 4.18. The van der Waals surface area contributed by atoms with Crippen molar-refractivity contribution in [1.29, 1.82) is 0 Å². The number of urea groups is 1. The van der Waals surface area contributed by atoms with Crippen LogP contribution in [0.1, 0.15) is 69.1 Å². The first-order valence-electron chi connectivity index (χ1n) is 12.3. The number of aromatic nitrogens is 1. The lowest BCUT2D eigenvalue weighted by Gasteiger charge is -2.35. The molecule has 3 amide bonds. The molecule has 0 aliphatic carbocycles. The maximum atomic E-state index is 13.5. The highest BCUT2D eigenvalue weighted by Crippen LogP contribution is 2.24. The van der Waals surface area contributed by atoms with Gasteiger partial charge in [0.15, 0.2) is 0 Å². The van der Waals surface area contributed by atoms with Gasteiger partial charge in [-0.3, -0.25) is 10.1 Å². The van der Waals surface area contributed by atoms with E-state index in [1.165, 1.54) is 0 Å². The third-order valence-electron chi connectivity index (χ3n) is 5.72. The lowest BCUT2D eigenvalue weighted by molar-refractivity contribution is 0.0692. The van der Waals surface area contributed by atoms with E-state index in [-0.39, 0.29) is 11.9 Å². The Balaban J connectivity index is 2.24. The summed E-state index contributed by atoms with van der Waals surface area (Å²) in [5.74, 6) is 2.59. The zero-order valence-electron chi connectivity index (χ0n) is 21.3. The van der Waals surface area contributed by atoms with Gasteiger partial charge >= 0.3 is 6.03 Å². The number of anilines is 1. The molecule has 7 nitrogen and oxygen atoms in total. The summed E-state index contributed by atoms with van der Waals surface area (Å²) in [6, 6.07) is 2.05. The van der Waals surface area contributed by atoms with E-state index in [1.54, 1.807) is 11.8 Å². The summed E-state index contributed by atoms with van der Waals surface area (Å²) >= 11 is 1.77. The van der Waals surface area contributed by atoms with Crippen LogP contribution in [0.5, 0.6) is 0 Å². The van der Waals surface area contributed by atoms with Gasteiger partial charge < -0.3 is 15.5 Å². The molecular weight excluding hydrogens is 434 g/mol. The van der Waals surface area contributed by atoms with Gasteiger partial charge in [0.1, 0.15) is 5.82 Å². The number of carbonyl (C=O) groups is 2. The van der Waals surface area contributed by atoms with E-state index in [1.807, 2.05) is 17.9 Å². The molecule has 1 aromatic rings. The third-order valence-corrected chi connectivity index (χ3v) is 6.41. The van der Waals surface area contributed by atoms with Gasteiger partial charge in [0.25, 0.3) is 5.91 Å². The van der Waals surface area contributed by atoms with E-state index in [4.69, 9.17) is 4.98 Å². The van der Waals surface area contributed by atoms with Crippen molar-refractivity contribution in [2.45, 2.75) is 66.3 Å². The Morgan fingerprint density at radius 1 is 1.27 bits per heavy atom. The Bertz CT molecular complexity index is 784. The van der Waals surface area contributed by atoms with E-state index in [0.29, 0.717) is 48.8 Å². The molecule has 1 atom stereocenters. The summed E-state index contributed by atoms with van der Waals surface area (Å²) < 4.78 is 0. The van der Waals surface area contributed by atoms with Crippen LogP contribution in [0.2, 0.25) is 0 Å². The Kier molecular flexibility index (Phi) is 11.5. The van der Waals surface area contributed by atoms with Gasteiger partial charge in [0.05, 0.1) is 11.3 Å². The van der Waals surface area contributed by atoms with Gasteiger partial charge in [-0.25, -0.2) is 9.78 Å². The summed E-state index contributed by atoms with van der Waals surface area (Å²) in [5, 5.41) is 9.39. The smallest absolute Gasteiger partial charge is 0.320 e. The normalized spacial score (nSPS) is 16.4. The van der Waals surface area contributed by atoms with Crippen LogP contribution in [0.3, 0.4) is 0 Å². The number of nitrogens with zero attached hydrogens (tertiary/aromatic N) is 2. The molecule has 0 saturated carbocycles. The number of thioether (sulfide) groups is 1. The first-order valence-corrected chi connectivity index (χ1v) is 13.7. The molecule has 0 radical (unpaired) electrons. The predicted molar refractivity (Wildman–Crippen MR) is 139 cm³/mol. The molecule has 8 heteroatoms. The lowest BCUT2D eigenvalue weighted by Crippen LogP contribution is -2.53. The number of aryl methyl sites for hydroxylation is 1. The molecule has 186 valence electrons. The fourth-order valence-corrected chi connectivity index (χ4v) is 4.66. The lowest BCUT2D eigenvalue weighted by atomic mass is 9.98. The summed E-state index contributed by atoms with van der Waals surface area (Å²) in [4.78, 5) is 32.7. The average Bonchev–Trinajstić information content (AvgIpc) is 2.76. The van der Waals surface area contributed by atoms with Crippen LogP contribution in [0.4, 0.5) is 10.6 Å². The zero-order valence-corrected chi connectivity index (χ0v) is 22.1. The molecule has 0 aromatic carbocycles. The van der Waals surface area contributed by atoms with Crippen molar-refractivity contribution in [1.82, 2.24) is 20.5 Å². The minimum Gasteiger partial charge on any atom is -0.338 e. The number of carbonyl (C=O) groups excluding carboxylic acids is 2. The number of amides is 3. The van der Waals surface area contributed by atoms with Crippen LogP contribution in [0.15, 0.2) is 6.07 Å². The van der Waals surface area contributed by atoms with E-state index in [2.05, 4.69) is 49.9 Å². The highest BCUT2D eigenvalue weighted by molar-refractivity contribution is 7.98. The van der Waals surface area contributed by atoms with Crippen molar-refractivity contribution in [3.05, 3.63) is 22.9 Å². The van der Waals surface area contributed by atoms with Gasteiger partial charge in [-0.15, -0.1) is 0 Å². The molecule has 1 fully saturated rings. The van der Waals surface area contributed by atoms with Crippen molar-refractivity contribution in [2.75, 3.05) is 43.5 Å². The van der Waals surface area contributed by atoms with Crippen molar-refractivity contribution in [3.63, 3.8) is 0 Å². The second-order valence-corrected chi connectivity index (χ2v) is 10.7. The van der Waals surface area contributed by atoms with Crippen LogP contribution in [-0.2, 0) is 12.8 Å². The molecule has 3 N–H and O–H groups in total. The van der Waals surface area contributed by atoms with E-state index in [0.717, 1.165) is 49.4 Å². The fourth-order valence-electron chi connectivity index (χ4n) is 4.23. The summed E-state index contributed by atoms with van der Waals surface area (Å²) in [6.45, 7) is 13.6. The van der Waals surface area contributed by atoms with Gasteiger partial charge in [-0.1, -0.05) is 34.6 Å². The molecule has 1 saturated heterocycles. The molecule has 1 aliphatic heterocycles. The fraction of sp³-hybridized carbons (Fsp3) is 0.720. The number of hydrogen-bond acceptors (Lipinski definition) is 5. The maximum absolute atomic E-state index is 13.5. The topological polar surface area (TPSA) is 86.4 Å². The Morgan fingerprint density at radius 3 is 2.67 bits per heavy atom. The molecule has 33 heavy (non-hydrogen) atoms. The van der Waals surface area contributed by atoms with Crippen LogP contribution in [-0.4, -0.2) is 66.1 Å². The molecule has 1 aromatic heterocycles. The quantitative estimate of drug-likeness (QED) is 0.416. The van der Waals surface area contributed by atoms with E-state index in [9.17, 15) is 9.59 Å². The number of piperazine rings is 1.